The summed E-state index contributed by atoms with van der Waals surface area (Å²) in [5.74, 6) is 1.47. The minimum Gasteiger partial charge on any atom is -0.379 e. The Kier molecular flexibility index (Phi) is 9.45. The SMILES string of the molecule is CN=C(NCCS(=O)(=O)N1CCOCC1)N1CCC(Cc2ccccc2)C1.I. The summed E-state index contributed by atoms with van der Waals surface area (Å²) in [6, 6.07) is 10.6. The van der Waals surface area contributed by atoms with Crippen molar-refractivity contribution in [2.45, 2.75) is 12.8 Å². The largest absolute Gasteiger partial charge is 0.379 e. The van der Waals surface area contributed by atoms with E-state index in [4.69, 9.17) is 4.74 Å². The van der Waals surface area contributed by atoms with Gasteiger partial charge in [0.1, 0.15) is 0 Å². The Morgan fingerprint density at radius 3 is 2.61 bits per heavy atom. The highest BCUT2D eigenvalue weighted by molar-refractivity contribution is 14.0. The number of ether oxygens (including phenoxy) is 1. The molecule has 2 heterocycles. The molecule has 9 heteroatoms. The molecule has 1 unspecified atom stereocenters. The van der Waals surface area contributed by atoms with E-state index >= 15 is 0 Å². The number of nitrogens with one attached hydrogen (secondary N) is 1. The number of morpholine rings is 1. The molecule has 2 aliphatic heterocycles. The Hall–Kier alpha value is -0.910. The monoisotopic (exact) mass is 522 g/mol. The van der Waals surface area contributed by atoms with Gasteiger partial charge in [-0.25, -0.2) is 8.42 Å². The molecule has 1 atom stereocenters. The predicted octanol–water partition coefficient (Wildman–Crippen LogP) is 1.41. The Balaban J connectivity index is 0.00000280. The summed E-state index contributed by atoms with van der Waals surface area (Å²) < 4.78 is 31.6. The average molecular weight is 522 g/mol. The number of nitrogens with zero attached hydrogens (tertiary/aromatic N) is 3. The molecule has 0 radical (unpaired) electrons. The molecule has 0 saturated carbocycles. The van der Waals surface area contributed by atoms with Crippen LogP contribution in [0.15, 0.2) is 35.3 Å². The molecule has 7 nitrogen and oxygen atoms in total. The molecule has 0 bridgehead atoms. The van der Waals surface area contributed by atoms with Gasteiger partial charge in [0, 0.05) is 39.8 Å². The van der Waals surface area contributed by atoms with Crippen LogP contribution >= 0.6 is 24.0 Å². The molecule has 28 heavy (non-hydrogen) atoms. The first-order chi connectivity index (χ1) is 13.1. The number of hydrogen-bond acceptors (Lipinski definition) is 4. The lowest BCUT2D eigenvalue weighted by atomic mass is 9.99. The van der Waals surface area contributed by atoms with Crippen molar-refractivity contribution in [3.8, 4) is 0 Å². The summed E-state index contributed by atoms with van der Waals surface area (Å²) in [6.07, 6.45) is 2.20. The fraction of sp³-hybridized carbons (Fsp3) is 0.632. The zero-order valence-corrected chi connectivity index (χ0v) is 19.6. The number of aliphatic imine (C=N–C) groups is 1. The average Bonchev–Trinajstić information content (AvgIpc) is 3.15. The lowest BCUT2D eigenvalue weighted by Gasteiger charge is -2.26. The molecule has 3 rings (SSSR count). The number of sulfonamides is 1. The first-order valence-electron chi connectivity index (χ1n) is 9.63. The molecule has 0 amide bonds. The van der Waals surface area contributed by atoms with Crippen LogP contribution < -0.4 is 5.32 Å². The molecule has 0 aromatic heterocycles. The Morgan fingerprint density at radius 1 is 1.21 bits per heavy atom. The maximum Gasteiger partial charge on any atom is 0.215 e. The number of likely N-dealkylation sites (tertiary alicyclic amines) is 1. The van der Waals surface area contributed by atoms with Crippen molar-refractivity contribution in [1.29, 1.82) is 0 Å². The van der Waals surface area contributed by atoms with Gasteiger partial charge in [-0.2, -0.15) is 4.31 Å². The second-order valence-electron chi connectivity index (χ2n) is 7.09. The van der Waals surface area contributed by atoms with Gasteiger partial charge in [-0.1, -0.05) is 30.3 Å². The maximum atomic E-state index is 12.4. The van der Waals surface area contributed by atoms with E-state index in [0.29, 0.717) is 38.8 Å². The van der Waals surface area contributed by atoms with Crippen LogP contribution in [-0.4, -0.2) is 82.3 Å². The van der Waals surface area contributed by atoms with Gasteiger partial charge >= 0.3 is 0 Å². The zero-order chi connectivity index (χ0) is 19.1. The topological polar surface area (TPSA) is 74.2 Å². The van der Waals surface area contributed by atoms with Crippen LogP contribution in [0.1, 0.15) is 12.0 Å². The van der Waals surface area contributed by atoms with Crippen molar-refractivity contribution < 1.29 is 13.2 Å². The van der Waals surface area contributed by atoms with Crippen molar-refractivity contribution in [3.05, 3.63) is 35.9 Å². The van der Waals surface area contributed by atoms with E-state index in [-0.39, 0.29) is 29.7 Å². The Bertz CT molecular complexity index is 724. The van der Waals surface area contributed by atoms with Gasteiger partial charge in [0.05, 0.1) is 19.0 Å². The third-order valence-corrected chi connectivity index (χ3v) is 7.04. The minimum atomic E-state index is -3.24. The number of hydrogen-bond donors (Lipinski definition) is 1. The van der Waals surface area contributed by atoms with Gasteiger partial charge in [-0.05, 0) is 24.3 Å². The van der Waals surface area contributed by atoms with Crippen LogP contribution in [0.25, 0.3) is 0 Å². The smallest absolute Gasteiger partial charge is 0.215 e. The van der Waals surface area contributed by atoms with Crippen molar-refractivity contribution in [1.82, 2.24) is 14.5 Å². The Labute approximate surface area is 185 Å². The molecule has 0 spiro atoms. The molecule has 2 saturated heterocycles. The van der Waals surface area contributed by atoms with Crippen molar-refractivity contribution in [2.75, 3.05) is 58.7 Å². The highest BCUT2D eigenvalue weighted by Gasteiger charge is 2.26. The standard InChI is InChI=1S/C19H30N4O3S.HI/c1-20-19(21-8-14-27(24,25)23-10-12-26-13-11-23)22-9-7-18(16-22)15-17-5-3-2-4-6-17;/h2-6,18H,7-16H2,1H3,(H,20,21);1H. The quantitative estimate of drug-likeness (QED) is 0.348. The number of benzene rings is 1. The lowest BCUT2D eigenvalue weighted by molar-refractivity contribution is 0.0730. The van der Waals surface area contributed by atoms with Gasteiger partial charge in [0.25, 0.3) is 0 Å². The predicted molar refractivity (Wildman–Crippen MR) is 123 cm³/mol. The van der Waals surface area contributed by atoms with E-state index in [1.807, 2.05) is 6.07 Å². The lowest BCUT2D eigenvalue weighted by Crippen LogP contribution is -2.46. The van der Waals surface area contributed by atoms with E-state index in [9.17, 15) is 8.42 Å². The summed E-state index contributed by atoms with van der Waals surface area (Å²) >= 11 is 0. The second-order valence-corrected chi connectivity index (χ2v) is 9.18. The second kappa shape index (κ2) is 11.3. The molecule has 1 aromatic carbocycles. The zero-order valence-electron chi connectivity index (χ0n) is 16.4. The van der Waals surface area contributed by atoms with Crippen LogP contribution in [0.5, 0.6) is 0 Å². The summed E-state index contributed by atoms with van der Waals surface area (Å²) in [5.41, 5.74) is 1.36. The molecule has 0 aliphatic carbocycles. The molecule has 2 aliphatic rings. The summed E-state index contributed by atoms with van der Waals surface area (Å²) in [6.45, 7) is 4.12. The van der Waals surface area contributed by atoms with Gasteiger partial charge in [0.15, 0.2) is 5.96 Å². The van der Waals surface area contributed by atoms with Crippen LogP contribution in [0.4, 0.5) is 0 Å². The summed E-state index contributed by atoms with van der Waals surface area (Å²) in [7, 11) is -1.49. The van der Waals surface area contributed by atoms with Crippen LogP contribution in [0.2, 0.25) is 0 Å². The molecular formula is C19H31IN4O3S. The minimum absolute atomic E-state index is 0. The maximum absolute atomic E-state index is 12.4. The first kappa shape index (κ1) is 23.4. The van der Waals surface area contributed by atoms with Gasteiger partial charge in [0.2, 0.25) is 10.0 Å². The van der Waals surface area contributed by atoms with Gasteiger partial charge in [-0.3, -0.25) is 4.99 Å². The third kappa shape index (κ3) is 6.57. The number of rotatable bonds is 6. The Morgan fingerprint density at radius 2 is 1.93 bits per heavy atom. The van der Waals surface area contributed by atoms with Gasteiger partial charge < -0.3 is 15.0 Å². The van der Waals surface area contributed by atoms with Crippen molar-refractivity contribution >= 4 is 40.0 Å². The van der Waals surface area contributed by atoms with Crippen molar-refractivity contribution in [3.63, 3.8) is 0 Å². The summed E-state index contributed by atoms with van der Waals surface area (Å²) in [5, 5.41) is 3.23. The van der Waals surface area contributed by atoms with Gasteiger partial charge in [-0.15, -0.1) is 24.0 Å². The normalized spacial score (nSPS) is 21.4. The molecule has 158 valence electrons. The molecule has 1 N–H and O–H groups in total. The molecular weight excluding hydrogens is 491 g/mol. The third-order valence-electron chi connectivity index (χ3n) is 5.17. The van der Waals surface area contributed by atoms with E-state index < -0.39 is 10.0 Å². The van der Waals surface area contributed by atoms with E-state index in [1.165, 1.54) is 9.87 Å². The van der Waals surface area contributed by atoms with Crippen LogP contribution in [0, 0.1) is 5.92 Å². The highest BCUT2D eigenvalue weighted by Crippen LogP contribution is 2.20. The number of guanidine groups is 1. The number of halogens is 1. The fourth-order valence-electron chi connectivity index (χ4n) is 3.72. The van der Waals surface area contributed by atoms with Crippen LogP contribution in [-0.2, 0) is 21.2 Å². The van der Waals surface area contributed by atoms with Crippen LogP contribution in [0.3, 0.4) is 0 Å². The fourth-order valence-corrected chi connectivity index (χ4v) is 5.04. The van der Waals surface area contributed by atoms with E-state index in [2.05, 4.69) is 39.5 Å². The molecule has 1 aromatic rings. The van der Waals surface area contributed by atoms with E-state index in [1.54, 1.807) is 7.05 Å². The molecule has 2 fully saturated rings. The summed E-state index contributed by atoms with van der Waals surface area (Å²) in [4.78, 5) is 6.58. The van der Waals surface area contributed by atoms with E-state index in [0.717, 1.165) is 31.9 Å². The highest BCUT2D eigenvalue weighted by atomic mass is 127. The van der Waals surface area contributed by atoms with Crippen molar-refractivity contribution in [2.24, 2.45) is 10.9 Å². The first-order valence-corrected chi connectivity index (χ1v) is 11.2.